The molecule has 4 aliphatic heterocycles. The van der Waals surface area contributed by atoms with E-state index in [0.717, 1.165) is 42.7 Å². The van der Waals surface area contributed by atoms with Gasteiger partial charge in [-0.15, -0.1) is 0 Å². The molecule has 4 aliphatic rings. The van der Waals surface area contributed by atoms with Crippen molar-refractivity contribution in [3.8, 4) is 0 Å². The second kappa shape index (κ2) is 7.54. The Morgan fingerprint density at radius 2 is 1.84 bits per heavy atom. The summed E-state index contributed by atoms with van der Waals surface area (Å²) in [5.74, 6) is 0.464. The molecule has 1 spiro atoms. The third-order valence-corrected chi connectivity index (χ3v) is 7.49. The van der Waals surface area contributed by atoms with Crippen LogP contribution in [0.3, 0.4) is 0 Å². The summed E-state index contributed by atoms with van der Waals surface area (Å²) in [4.78, 5) is 13.4. The van der Waals surface area contributed by atoms with Crippen molar-refractivity contribution in [1.82, 2.24) is 5.16 Å². The molecule has 5 heterocycles. The van der Waals surface area contributed by atoms with E-state index in [9.17, 15) is 0 Å². The van der Waals surface area contributed by atoms with Crippen molar-refractivity contribution in [2.75, 3.05) is 36.1 Å². The van der Waals surface area contributed by atoms with Gasteiger partial charge in [-0.25, -0.2) is 4.39 Å². The van der Waals surface area contributed by atoms with Crippen molar-refractivity contribution >= 4 is 34.9 Å². The van der Waals surface area contributed by atoms with Crippen molar-refractivity contribution in [2.24, 2.45) is 15.4 Å². The van der Waals surface area contributed by atoms with E-state index in [0.29, 0.717) is 25.3 Å². The molecule has 2 saturated heterocycles. The number of fused-ring (bicyclic) bond motifs is 5. The zero-order chi connectivity index (χ0) is 21.9. The average molecular weight is 440 g/mol. The zero-order valence-electron chi connectivity index (χ0n) is 18.8. The Hall–Kier alpha value is -2.48. The highest BCUT2D eigenvalue weighted by Crippen LogP contribution is 2.48. The van der Waals surface area contributed by atoms with Crippen LogP contribution in [-0.2, 0) is 11.2 Å². The second-order valence-electron chi connectivity index (χ2n) is 9.79. The standard InChI is InChI=1S/C24H30FN5O2/c1-15-11-30-20-17(10-24(12-26-14-27-13-24)22(30)16(2)31-15)9-18-21(19(20)25)32-28-23(18)29-7-5-3-4-6-8-29/h9,12-13,15-16,22H,3-8,10-11,14H2,1-2H3/t15-,16+,22-/m1/s1. The van der Waals surface area contributed by atoms with Gasteiger partial charge in [0.1, 0.15) is 6.67 Å². The predicted octanol–water partition coefficient (Wildman–Crippen LogP) is 3.98. The molecule has 0 N–H and O–H groups in total. The van der Waals surface area contributed by atoms with Crippen LogP contribution in [0.25, 0.3) is 11.0 Å². The SMILES string of the molecule is C[C@@H]1CN2c3c(cc4c(N5CCCCCC5)noc4c3F)CC3(C=NCN=C3)[C@H]2[C@H](C)O1. The topological polar surface area (TPSA) is 66.5 Å². The Balaban J connectivity index is 1.52. The molecule has 3 atom stereocenters. The molecule has 8 heteroatoms. The van der Waals surface area contributed by atoms with E-state index < -0.39 is 5.41 Å². The molecule has 0 saturated carbocycles. The molecule has 170 valence electrons. The molecule has 0 bridgehead atoms. The van der Waals surface area contributed by atoms with Crippen molar-refractivity contribution in [3.63, 3.8) is 0 Å². The van der Waals surface area contributed by atoms with E-state index in [-0.39, 0.29) is 29.7 Å². The molecular formula is C24H30FN5O2. The maximum Gasteiger partial charge on any atom is 0.206 e. The number of halogens is 1. The monoisotopic (exact) mass is 439 g/mol. The zero-order valence-corrected chi connectivity index (χ0v) is 18.8. The normalized spacial score (nSPS) is 29.3. The molecule has 2 aromatic rings. The molecule has 1 aromatic carbocycles. The van der Waals surface area contributed by atoms with Crippen molar-refractivity contribution in [1.29, 1.82) is 0 Å². The number of aromatic nitrogens is 1. The smallest absolute Gasteiger partial charge is 0.206 e. The van der Waals surface area contributed by atoms with Crippen molar-refractivity contribution < 1.29 is 13.7 Å². The number of rotatable bonds is 1. The molecular weight excluding hydrogens is 409 g/mol. The number of hydrogen-bond acceptors (Lipinski definition) is 7. The largest absolute Gasteiger partial charge is 0.372 e. The lowest BCUT2D eigenvalue weighted by Crippen LogP contribution is -2.65. The summed E-state index contributed by atoms with van der Waals surface area (Å²) in [6.07, 6.45) is 9.30. The predicted molar refractivity (Wildman–Crippen MR) is 124 cm³/mol. The highest BCUT2D eigenvalue weighted by atomic mass is 19.1. The fourth-order valence-electron chi connectivity index (χ4n) is 6.29. The Bertz CT molecular complexity index is 1080. The first-order chi connectivity index (χ1) is 15.6. The van der Waals surface area contributed by atoms with Gasteiger partial charge in [-0.05, 0) is 44.7 Å². The summed E-state index contributed by atoms with van der Waals surface area (Å²) >= 11 is 0. The fraction of sp³-hybridized carbons (Fsp3) is 0.625. The molecule has 0 radical (unpaired) electrons. The van der Waals surface area contributed by atoms with Gasteiger partial charge in [0, 0.05) is 32.1 Å². The van der Waals surface area contributed by atoms with E-state index in [4.69, 9.17) is 9.26 Å². The quantitative estimate of drug-likeness (QED) is 0.672. The first kappa shape index (κ1) is 20.1. The van der Waals surface area contributed by atoms with Crippen LogP contribution in [0, 0.1) is 11.2 Å². The van der Waals surface area contributed by atoms with Gasteiger partial charge in [0.15, 0.2) is 11.6 Å². The minimum absolute atomic E-state index is 0.000739. The number of hydrogen-bond donors (Lipinski definition) is 0. The summed E-state index contributed by atoms with van der Waals surface area (Å²) in [6, 6.07) is 2.03. The lowest BCUT2D eigenvalue weighted by molar-refractivity contribution is -0.0432. The number of anilines is 2. The number of morpholine rings is 1. The van der Waals surface area contributed by atoms with E-state index in [1.807, 2.05) is 19.4 Å². The van der Waals surface area contributed by atoms with Crippen LogP contribution < -0.4 is 9.80 Å². The summed E-state index contributed by atoms with van der Waals surface area (Å²) in [5.41, 5.74) is 1.44. The van der Waals surface area contributed by atoms with Gasteiger partial charge in [0.25, 0.3) is 0 Å². The van der Waals surface area contributed by atoms with Gasteiger partial charge >= 0.3 is 0 Å². The van der Waals surface area contributed by atoms with Crippen molar-refractivity contribution in [2.45, 2.75) is 64.2 Å². The minimum atomic E-state index is -0.412. The Kier molecular flexibility index (Phi) is 4.75. The van der Waals surface area contributed by atoms with Gasteiger partial charge in [0.2, 0.25) is 5.58 Å². The number of ether oxygens (including phenoxy) is 1. The van der Waals surface area contributed by atoms with E-state index in [2.05, 4.69) is 37.9 Å². The molecule has 32 heavy (non-hydrogen) atoms. The molecule has 0 unspecified atom stereocenters. The van der Waals surface area contributed by atoms with Gasteiger partial charge in [-0.1, -0.05) is 18.0 Å². The molecule has 0 amide bonds. The van der Waals surface area contributed by atoms with Crippen LogP contribution in [0.2, 0.25) is 0 Å². The Labute approximate surface area is 187 Å². The third-order valence-electron chi connectivity index (χ3n) is 7.49. The van der Waals surface area contributed by atoms with Gasteiger partial charge in [0.05, 0.1) is 34.7 Å². The van der Waals surface area contributed by atoms with Crippen LogP contribution in [0.1, 0.15) is 45.1 Å². The van der Waals surface area contributed by atoms with Crippen LogP contribution in [0.5, 0.6) is 0 Å². The van der Waals surface area contributed by atoms with Gasteiger partial charge < -0.3 is 19.1 Å². The fourth-order valence-corrected chi connectivity index (χ4v) is 6.29. The molecule has 0 aliphatic carbocycles. The number of benzene rings is 1. The molecule has 6 rings (SSSR count). The molecule has 1 aromatic heterocycles. The Morgan fingerprint density at radius 1 is 1.09 bits per heavy atom. The van der Waals surface area contributed by atoms with Crippen LogP contribution in [0.4, 0.5) is 15.9 Å². The minimum Gasteiger partial charge on any atom is -0.372 e. The average Bonchev–Trinajstić information content (AvgIpc) is 3.00. The van der Waals surface area contributed by atoms with Crippen LogP contribution in [0.15, 0.2) is 20.6 Å². The summed E-state index contributed by atoms with van der Waals surface area (Å²) in [7, 11) is 0. The van der Waals surface area contributed by atoms with Gasteiger partial charge in [-0.3, -0.25) is 9.98 Å². The molecule has 2 fully saturated rings. The Morgan fingerprint density at radius 3 is 2.59 bits per heavy atom. The first-order valence-corrected chi connectivity index (χ1v) is 11.9. The summed E-state index contributed by atoms with van der Waals surface area (Å²) < 4.78 is 27.9. The summed E-state index contributed by atoms with van der Waals surface area (Å²) in [5, 5.41) is 5.12. The summed E-state index contributed by atoms with van der Waals surface area (Å²) in [6.45, 7) is 7.04. The van der Waals surface area contributed by atoms with Crippen LogP contribution in [-0.4, -0.2) is 62.1 Å². The lowest BCUT2D eigenvalue weighted by Gasteiger charge is -2.54. The maximum atomic E-state index is 16.1. The maximum absolute atomic E-state index is 16.1. The third kappa shape index (κ3) is 2.99. The highest BCUT2D eigenvalue weighted by molar-refractivity contribution is 5.97. The number of aliphatic imine (C=N–C) groups is 2. The molecule has 7 nitrogen and oxygen atoms in total. The van der Waals surface area contributed by atoms with E-state index in [1.165, 1.54) is 12.8 Å². The van der Waals surface area contributed by atoms with Crippen molar-refractivity contribution in [3.05, 3.63) is 17.4 Å². The lowest BCUT2D eigenvalue weighted by atomic mass is 9.69. The van der Waals surface area contributed by atoms with Gasteiger partial charge in [-0.2, -0.15) is 0 Å². The second-order valence-corrected chi connectivity index (χ2v) is 9.79. The van der Waals surface area contributed by atoms with E-state index >= 15 is 4.39 Å². The van der Waals surface area contributed by atoms with E-state index in [1.54, 1.807) is 0 Å². The highest BCUT2D eigenvalue weighted by Gasteiger charge is 2.52. The van der Waals surface area contributed by atoms with Crippen LogP contribution >= 0.6 is 0 Å². The first-order valence-electron chi connectivity index (χ1n) is 11.9. The number of nitrogens with zero attached hydrogens (tertiary/aromatic N) is 5.